The minimum absolute atomic E-state index is 0.0172. The molecule has 0 bridgehead atoms. The highest BCUT2D eigenvalue weighted by atomic mass is 32.2. The topological polar surface area (TPSA) is 113 Å². The van der Waals surface area contributed by atoms with Crippen LogP contribution in [0.1, 0.15) is 45.0 Å². The first-order valence-electron chi connectivity index (χ1n) is 12.3. The zero-order chi connectivity index (χ0) is 28.3. The van der Waals surface area contributed by atoms with E-state index in [2.05, 4.69) is 19.9 Å². The van der Waals surface area contributed by atoms with Gasteiger partial charge < -0.3 is 9.80 Å². The van der Waals surface area contributed by atoms with E-state index in [0.29, 0.717) is 48.7 Å². The zero-order valence-electron chi connectivity index (χ0n) is 21.4. The number of nitrogens with zero attached hydrogens (tertiary/aromatic N) is 6. The van der Waals surface area contributed by atoms with Gasteiger partial charge in [0.2, 0.25) is 15.9 Å². The third-order valence-electron chi connectivity index (χ3n) is 6.83. The number of imidazole rings is 1. The van der Waals surface area contributed by atoms with Crippen LogP contribution < -0.4 is 9.62 Å². The van der Waals surface area contributed by atoms with Crippen molar-refractivity contribution in [2.75, 3.05) is 31.1 Å². The quantitative estimate of drug-likeness (QED) is 0.420. The minimum atomic E-state index is -4.28. The lowest BCUT2D eigenvalue weighted by Crippen LogP contribution is -2.60. The van der Waals surface area contributed by atoms with Gasteiger partial charge in [0, 0.05) is 56.7 Å². The lowest BCUT2D eigenvalue weighted by Gasteiger charge is -2.44. The van der Waals surface area contributed by atoms with Gasteiger partial charge in [0.1, 0.15) is 4.90 Å². The van der Waals surface area contributed by atoms with Crippen molar-refractivity contribution in [1.82, 2.24) is 29.2 Å². The summed E-state index contributed by atoms with van der Waals surface area (Å²) in [6, 6.07) is 1.44. The monoisotopic (exact) mass is 589 g/mol. The molecule has 5 rings (SSSR count). The summed E-state index contributed by atoms with van der Waals surface area (Å²) in [7, 11) is -4.28. The molecule has 0 atom stereocenters. The molecule has 2 fully saturated rings. The van der Waals surface area contributed by atoms with Crippen LogP contribution >= 0.6 is 11.3 Å². The minimum Gasteiger partial charge on any atom is -0.366 e. The summed E-state index contributed by atoms with van der Waals surface area (Å²) in [5.41, 5.74) is -0.345. The molecule has 10 nitrogen and oxygen atoms in total. The van der Waals surface area contributed by atoms with Crippen LogP contribution in [0.5, 0.6) is 0 Å². The number of aromatic nitrogens is 4. The number of piperazine rings is 1. The molecule has 1 amide bonds. The molecule has 1 aliphatic carbocycles. The summed E-state index contributed by atoms with van der Waals surface area (Å²) in [6.45, 7) is 6.70. The van der Waals surface area contributed by atoms with Crippen molar-refractivity contribution in [3.63, 3.8) is 0 Å². The van der Waals surface area contributed by atoms with Crippen molar-refractivity contribution in [2.45, 2.75) is 56.4 Å². The molecule has 0 unspecified atom stereocenters. The second-order valence-electron chi connectivity index (χ2n) is 10.5. The number of carbonyl (C=O) groups excluding carboxylic acids is 1. The molecule has 1 saturated heterocycles. The molecule has 212 valence electrons. The lowest BCUT2D eigenvalue weighted by molar-refractivity contribution is -0.134. The fourth-order valence-corrected chi connectivity index (χ4v) is 7.22. The first-order valence-corrected chi connectivity index (χ1v) is 14.6. The summed E-state index contributed by atoms with van der Waals surface area (Å²) in [5.74, 6) is -2.98. The van der Waals surface area contributed by atoms with Crippen molar-refractivity contribution in [1.29, 1.82) is 0 Å². The molecule has 0 radical (unpaired) electrons. The Balaban J connectivity index is 1.55. The highest BCUT2D eigenvalue weighted by Crippen LogP contribution is 2.46. The molecule has 1 aliphatic heterocycles. The fourth-order valence-electron chi connectivity index (χ4n) is 5.10. The van der Waals surface area contributed by atoms with E-state index in [0.717, 1.165) is 0 Å². The van der Waals surface area contributed by atoms with Crippen LogP contribution in [0.2, 0.25) is 0 Å². The number of anilines is 1. The summed E-state index contributed by atoms with van der Waals surface area (Å²) >= 11 is 0.635. The van der Waals surface area contributed by atoms with Gasteiger partial charge in [-0.3, -0.25) is 9.20 Å². The number of sulfonamides is 1. The van der Waals surface area contributed by atoms with Crippen LogP contribution in [-0.2, 0) is 14.8 Å². The van der Waals surface area contributed by atoms with E-state index in [1.165, 1.54) is 29.8 Å². The summed E-state index contributed by atoms with van der Waals surface area (Å²) in [4.78, 5) is 20.2. The number of carbonyl (C=O) groups is 1. The number of hydrogen-bond donors (Lipinski definition) is 1. The molecule has 1 N–H and O–H groups in total. The van der Waals surface area contributed by atoms with Gasteiger partial charge in [0.25, 0.3) is 12.3 Å². The molecule has 2 aliphatic rings. The Kier molecular flexibility index (Phi) is 6.86. The third-order valence-corrected chi connectivity index (χ3v) is 9.36. The average molecular weight is 590 g/mol. The number of alkyl halides is 4. The maximum atomic E-state index is 13.6. The molecule has 0 spiro atoms. The van der Waals surface area contributed by atoms with E-state index in [9.17, 15) is 30.8 Å². The standard InChI is InChI=1S/C23H27F4N7O3S2/c1-13(2)21(35)33-6-4-32(5-7-33)15-8-14(39(36,37)31-22(3)11-23(26,27)12-22)10-34-16(15)9-28-18(34)20-30-29-19(38-20)17(24)25/h8-10,13,17,31H,4-7,11-12H2,1-3H3. The van der Waals surface area contributed by atoms with Crippen molar-refractivity contribution in [3.8, 4) is 10.8 Å². The molecule has 4 heterocycles. The van der Waals surface area contributed by atoms with Gasteiger partial charge in [0.05, 0.1) is 17.4 Å². The number of pyridine rings is 1. The highest BCUT2D eigenvalue weighted by molar-refractivity contribution is 7.89. The first-order chi connectivity index (χ1) is 18.2. The predicted molar refractivity (Wildman–Crippen MR) is 136 cm³/mol. The fraction of sp³-hybridized carbons (Fsp3) is 0.565. The van der Waals surface area contributed by atoms with Crippen LogP contribution in [0, 0.1) is 5.92 Å². The van der Waals surface area contributed by atoms with Crippen LogP contribution in [0.25, 0.3) is 16.3 Å². The van der Waals surface area contributed by atoms with Gasteiger partial charge in [0.15, 0.2) is 15.8 Å². The molecule has 16 heteroatoms. The van der Waals surface area contributed by atoms with Gasteiger partial charge in [-0.05, 0) is 13.0 Å². The van der Waals surface area contributed by atoms with E-state index in [4.69, 9.17) is 0 Å². The third kappa shape index (κ3) is 5.33. The number of halogens is 4. The molecule has 3 aromatic rings. The molecule has 1 saturated carbocycles. The maximum Gasteiger partial charge on any atom is 0.291 e. The summed E-state index contributed by atoms with van der Waals surface area (Å²) in [6.07, 6.45) is -1.33. The molecule has 0 aromatic carbocycles. The Bertz CT molecular complexity index is 1510. The normalized spacial score (nSPS) is 19.2. The van der Waals surface area contributed by atoms with Gasteiger partial charge in [-0.25, -0.2) is 35.7 Å². The number of nitrogens with one attached hydrogen (secondary N) is 1. The van der Waals surface area contributed by atoms with Crippen molar-refractivity contribution in [3.05, 3.63) is 23.5 Å². The smallest absolute Gasteiger partial charge is 0.291 e. The predicted octanol–water partition coefficient (Wildman–Crippen LogP) is 3.56. The molecule has 39 heavy (non-hydrogen) atoms. The highest BCUT2D eigenvalue weighted by Gasteiger charge is 2.55. The van der Waals surface area contributed by atoms with E-state index < -0.39 is 45.8 Å². The van der Waals surface area contributed by atoms with Crippen molar-refractivity contribution >= 4 is 38.5 Å². The first kappa shape index (κ1) is 27.7. The van der Waals surface area contributed by atoms with E-state index in [1.54, 1.807) is 4.90 Å². The number of fused-ring (bicyclic) bond motifs is 1. The molecule has 3 aromatic heterocycles. The Labute approximate surface area is 226 Å². The summed E-state index contributed by atoms with van der Waals surface area (Å²) < 4.78 is 84.2. The average Bonchev–Trinajstić information content (AvgIpc) is 3.48. The number of hydrogen-bond acceptors (Lipinski definition) is 8. The second kappa shape index (κ2) is 9.66. The molecular formula is C23H27F4N7O3S2. The Morgan fingerprint density at radius 1 is 1.13 bits per heavy atom. The maximum absolute atomic E-state index is 13.6. The largest absolute Gasteiger partial charge is 0.366 e. The Morgan fingerprint density at radius 3 is 2.36 bits per heavy atom. The van der Waals surface area contributed by atoms with Crippen molar-refractivity contribution in [2.24, 2.45) is 5.92 Å². The van der Waals surface area contributed by atoms with Crippen molar-refractivity contribution < 1.29 is 30.8 Å². The SMILES string of the molecule is CC(C)C(=O)N1CCN(c2cc(S(=O)(=O)NC3(C)CC(F)(F)C3)cn3c(-c4nnc(C(F)F)s4)ncc23)CC1. The summed E-state index contributed by atoms with van der Waals surface area (Å²) in [5, 5.41) is 6.87. The zero-order valence-corrected chi connectivity index (χ0v) is 23.0. The van der Waals surface area contributed by atoms with Crippen LogP contribution in [0.3, 0.4) is 0 Å². The van der Waals surface area contributed by atoms with Crippen LogP contribution in [0.15, 0.2) is 23.4 Å². The van der Waals surface area contributed by atoms with Crippen LogP contribution in [0.4, 0.5) is 23.2 Å². The number of amides is 1. The van der Waals surface area contributed by atoms with Gasteiger partial charge in [-0.1, -0.05) is 25.2 Å². The van der Waals surface area contributed by atoms with E-state index >= 15 is 0 Å². The van der Waals surface area contributed by atoms with Gasteiger partial charge in [-0.15, -0.1) is 10.2 Å². The lowest BCUT2D eigenvalue weighted by atomic mass is 9.76. The number of rotatable bonds is 7. The Hall–Kier alpha value is -2.85. The van der Waals surface area contributed by atoms with E-state index in [-0.39, 0.29) is 27.6 Å². The Morgan fingerprint density at radius 2 is 1.79 bits per heavy atom. The van der Waals surface area contributed by atoms with Crippen LogP contribution in [-0.4, -0.2) is 76.4 Å². The second-order valence-corrected chi connectivity index (χ2v) is 13.2. The molecular weight excluding hydrogens is 562 g/mol. The van der Waals surface area contributed by atoms with Gasteiger partial charge in [-0.2, -0.15) is 0 Å². The van der Waals surface area contributed by atoms with Gasteiger partial charge >= 0.3 is 0 Å². The van der Waals surface area contributed by atoms with E-state index in [1.807, 2.05) is 18.7 Å².